The van der Waals surface area contributed by atoms with Gasteiger partial charge in [0, 0.05) is 25.5 Å². The van der Waals surface area contributed by atoms with Crippen LogP contribution in [0.1, 0.15) is 24.6 Å². The Morgan fingerprint density at radius 1 is 1.56 bits per heavy atom. The molecular weight excluding hydrogens is 266 g/mol. The van der Waals surface area contributed by atoms with Crippen molar-refractivity contribution < 1.29 is 0 Å². The van der Waals surface area contributed by atoms with Crippen LogP contribution in [-0.2, 0) is 6.54 Å². The number of guanidine groups is 1. The van der Waals surface area contributed by atoms with E-state index in [2.05, 4.69) is 35.2 Å². The van der Waals surface area contributed by atoms with Gasteiger partial charge in [-0.1, -0.05) is 18.5 Å². The molecule has 1 N–H and O–H groups in total. The van der Waals surface area contributed by atoms with Crippen LogP contribution in [0.15, 0.2) is 17.1 Å². The fourth-order valence-corrected chi connectivity index (χ4v) is 2.95. The van der Waals surface area contributed by atoms with Crippen molar-refractivity contribution in [2.75, 3.05) is 20.6 Å². The van der Waals surface area contributed by atoms with Crippen molar-refractivity contribution in [2.45, 2.75) is 26.3 Å². The molecule has 0 radical (unpaired) electrons. The Morgan fingerprint density at radius 2 is 2.28 bits per heavy atom. The summed E-state index contributed by atoms with van der Waals surface area (Å²) in [5.41, 5.74) is 0.489. The molecule has 1 aliphatic carbocycles. The van der Waals surface area contributed by atoms with Crippen LogP contribution in [0.4, 0.5) is 0 Å². The van der Waals surface area contributed by atoms with E-state index in [-0.39, 0.29) is 0 Å². The minimum absolute atomic E-state index is 0.489. The Balaban J connectivity index is 1.87. The zero-order valence-electron chi connectivity index (χ0n) is 11.2. The van der Waals surface area contributed by atoms with Gasteiger partial charge in [0.1, 0.15) is 0 Å². The highest BCUT2D eigenvalue weighted by atomic mass is 35.5. The Morgan fingerprint density at radius 3 is 2.78 bits per heavy atom. The molecule has 1 aromatic rings. The third-order valence-electron chi connectivity index (χ3n) is 3.37. The number of thiophene rings is 1. The maximum atomic E-state index is 5.94. The average Bonchev–Trinajstić information content (AvgIpc) is 2.92. The Hall–Kier alpha value is -0.740. The van der Waals surface area contributed by atoms with Crippen LogP contribution in [-0.4, -0.2) is 31.5 Å². The van der Waals surface area contributed by atoms with Gasteiger partial charge in [0.05, 0.1) is 10.9 Å². The van der Waals surface area contributed by atoms with Crippen molar-refractivity contribution in [3.63, 3.8) is 0 Å². The Kier molecular flexibility index (Phi) is 4.17. The molecule has 3 nitrogen and oxygen atoms in total. The van der Waals surface area contributed by atoms with E-state index in [4.69, 9.17) is 11.6 Å². The number of halogens is 1. The molecule has 0 aliphatic heterocycles. The lowest BCUT2D eigenvalue weighted by Gasteiger charge is -2.22. The first-order chi connectivity index (χ1) is 8.52. The van der Waals surface area contributed by atoms with Gasteiger partial charge >= 0.3 is 0 Å². The first-order valence-electron chi connectivity index (χ1n) is 6.18. The van der Waals surface area contributed by atoms with Crippen LogP contribution in [0.5, 0.6) is 0 Å². The third kappa shape index (κ3) is 3.62. The van der Waals surface area contributed by atoms with Gasteiger partial charge in [-0.3, -0.25) is 4.99 Å². The van der Waals surface area contributed by atoms with Crippen molar-refractivity contribution in [3.8, 4) is 0 Å². The number of hydrogen-bond donors (Lipinski definition) is 1. The van der Waals surface area contributed by atoms with E-state index in [0.717, 1.165) is 23.4 Å². The zero-order chi connectivity index (χ0) is 13.2. The summed E-state index contributed by atoms with van der Waals surface area (Å²) in [5, 5.41) is 3.45. The monoisotopic (exact) mass is 285 g/mol. The second-order valence-electron chi connectivity index (χ2n) is 5.27. The minimum Gasteiger partial charge on any atom is -0.356 e. The van der Waals surface area contributed by atoms with Gasteiger partial charge < -0.3 is 10.2 Å². The van der Waals surface area contributed by atoms with Gasteiger partial charge in [-0.25, -0.2) is 0 Å². The average molecular weight is 286 g/mol. The summed E-state index contributed by atoms with van der Waals surface area (Å²) in [6.45, 7) is 4.16. The van der Waals surface area contributed by atoms with E-state index in [1.54, 1.807) is 11.3 Å². The molecule has 0 amide bonds. The van der Waals surface area contributed by atoms with Crippen LogP contribution in [0, 0.1) is 5.41 Å². The summed E-state index contributed by atoms with van der Waals surface area (Å²) >= 11 is 7.56. The molecule has 1 aliphatic rings. The second-order valence-corrected chi connectivity index (χ2v) is 7.07. The highest BCUT2D eigenvalue weighted by Crippen LogP contribution is 2.44. The Bertz CT molecular complexity index is 437. The number of nitrogens with zero attached hydrogens (tertiary/aromatic N) is 2. The van der Waals surface area contributed by atoms with Crippen molar-refractivity contribution >= 4 is 28.9 Å². The van der Waals surface area contributed by atoms with Gasteiger partial charge in [0.15, 0.2) is 5.96 Å². The van der Waals surface area contributed by atoms with E-state index in [0.29, 0.717) is 5.41 Å². The van der Waals surface area contributed by atoms with E-state index in [1.165, 1.54) is 17.7 Å². The molecule has 0 bridgehead atoms. The van der Waals surface area contributed by atoms with Gasteiger partial charge in [-0.2, -0.15) is 0 Å². The van der Waals surface area contributed by atoms with E-state index in [9.17, 15) is 0 Å². The molecule has 1 heterocycles. The first kappa shape index (κ1) is 13.7. The van der Waals surface area contributed by atoms with Gasteiger partial charge in [-0.05, 0) is 30.4 Å². The van der Waals surface area contributed by atoms with Crippen molar-refractivity contribution in [3.05, 3.63) is 21.3 Å². The molecule has 0 unspecified atom stereocenters. The maximum Gasteiger partial charge on any atom is 0.193 e. The summed E-state index contributed by atoms with van der Waals surface area (Å²) < 4.78 is 0.840. The number of rotatable bonds is 4. The number of nitrogens with one attached hydrogen (secondary N) is 1. The van der Waals surface area contributed by atoms with Gasteiger partial charge in [0.25, 0.3) is 0 Å². The molecular formula is C13H20ClN3S. The van der Waals surface area contributed by atoms with E-state index < -0.39 is 0 Å². The van der Waals surface area contributed by atoms with Crippen LogP contribution < -0.4 is 5.32 Å². The second kappa shape index (κ2) is 5.49. The fraction of sp³-hybridized carbons (Fsp3) is 0.615. The van der Waals surface area contributed by atoms with Gasteiger partial charge in [0.2, 0.25) is 0 Å². The summed E-state index contributed by atoms with van der Waals surface area (Å²) in [5.74, 6) is 0.952. The molecule has 1 fully saturated rings. The van der Waals surface area contributed by atoms with Crippen LogP contribution in [0.2, 0.25) is 4.34 Å². The summed E-state index contributed by atoms with van der Waals surface area (Å²) in [4.78, 5) is 7.71. The molecule has 0 saturated heterocycles. The lowest BCUT2D eigenvalue weighted by atomic mass is 10.1. The summed E-state index contributed by atoms with van der Waals surface area (Å²) in [6.07, 6.45) is 2.64. The van der Waals surface area contributed by atoms with Crippen molar-refractivity contribution in [2.24, 2.45) is 10.4 Å². The largest absolute Gasteiger partial charge is 0.356 e. The molecule has 100 valence electrons. The molecule has 1 aromatic heterocycles. The predicted molar refractivity (Wildman–Crippen MR) is 79.5 cm³/mol. The molecule has 1 saturated carbocycles. The quantitative estimate of drug-likeness (QED) is 0.679. The molecule has 0 atom stereocenters. The lowest BCUT2D eigenvalue weighted by molar-refractivity contribution is 0.461. The predicted octanol–water partition coefficient (Wildman–Crippen LogP) is 3.21. The fourth-order valence-electron chi connectivity index (χ4n) is 1.81. The Labute approximate surface area is 118 Å². The van der Waals surface area contributed by atoms with Crippen LogP contribution in [0.25, 0.3) is 0 Å². The van der Waals surface area contributed by atoms with Crippen molar-refractivity contribution in [1.29, 1.82) is 0 Å². The van der Waals surface area contributed by atoms with E-state index in [1.807, 2.05) is 13.1 Å². The molecule has 18 heavy (non-hydrogen) atoms. The van der Waals surface area contributed by atoms with Crippen molar-refractivity contribution in [1.82, 2.24) is 10.2 Å². The number of aliphatic imine (C=N–C) groups is 1. The highest BCUT2D eigenvalue weighted by Gasteiger charge is 2.37. The molecule has 0 aromatic carbocycles. The first-order valence-corrected chi connectivity index (χ1v) is 7.38. The minimum atomic E-state index is 0.489. The summed E-state index contributed by atoms with van der Waals surface area (Å²) in [7, 11) is 3.88. The number of hydrogen-bond acceptors (Lipinski definition) is 2. The highest BCUT2D eigenvalue weighted by molar-refractivity contribution is 7.16. The summed E-state index contributed by atoms with van der Waals surface area (Å²) in [6, 6.07) is 4.01. The van der Waals surface area contributed by atoms with Crippen LogP contribution >= 0.6 is 22.9 Å². The SMILES string of the molecule is CN=C(NCC1(C)CC1)N(C)Cc1ccc(Cl)s1. The molecule has 0 spiro atoms. The smallest absolute Gasteiger partial charge is 0.193 e. The standard InChI is InChI=1S/C13H20ClN3S/c1-13(6-7-13)9-16-12(15-2)17(3)8-10-4-5-11(14)18-10/h4-5H,6-9H2,1-3H3,(H,15,16). The molecule has 2 rings (SSSR count). The third-order valence-corrected chi connectivity index (χ3v) is 4.59. The maximum absolute atomic E-state index is 5.94. The normalized spacial score (nSPS) is 17.7. The lowest BCUT2D eigenvalue weighted by Crippen LogP contribution is -2.40. The molecule has 5 heteroatoms. The topological polar surface area (TPSA) is 27.6 Å². The van der Waals surface area contributed by atoms with E-state index >= 15 is 0 Å². The zero-order valence-corrected chi connectivity index (χ0v) is 12.7. The van der Waals surface area contributed by atoms with Crippen LogP contribution in [0.3, 0.4) is 0 Å². The van der Waals surface area contributed by atoms with Gasteiger partial charge in [-0.15, -0.1) is 11.3 Å².